The van der Waals surface area contributed by atoms with E-state index in [2.05, 4.69) is 6.58 Å². The topological polar surface area (TPSA) is 80.7 Å². The van der Waals surface area contributed by atoms with Crippen LogP contribution in [0, 0.1) is 5.41 Å². The van der Waals surface area contributed by atoms with Gasteiger partial charge in [-0.2, -0.15) is 0 Å². The number of rotatable bonds is 2. The first-order valence-corrected chi connectivity index (χ1v) is 6.13. The van der Waals surface area contributed by atoms with Gasteiger partial charge < -0.3 is 9.84 Å². The molecule has 98 valence electrons. The largest absolute Gasteiger partial charge is 0.448 e. The smallest absolute Gasteiger partial charge is 0.330 e. The molecule has 0 aromatic rings. The molecule has 0 heterocycles. The predicted octanol–water partition coefficient (Wildman–Crippen LogP) is 0.547. The molecular weight excluding hydrogens is 236 g/mol. The number of aliphatic hydroxyl groups excluding tert-OH is 1. The maximum absolute atomic E-state index is 12.3. The average Bonchev–Trinajstić information content (AvgIpc) is 2.56. The second-order valence-electron chi connectivity index (χ2n) is 4.88. The Bertz CT molecular complexity index is 406. The molecule has 0 bridgehead atoms. The lowest BCUT2D eigenvalue weighted by molar-refractivity contribution is -0.155. The standard InChI is InChI=1S/C13H16O5/c1-2-8(14)18-10-9(15)11(16)13(12(10)17)6-4-3-5-7-13/h2,9-10,15H,1,3-7H2. The van der Waals surface area contributed by atoms with Crippen molar-refractivity contribution in [1.82, 2.24) is 0 Å². The van der Waals surface area contributed by atoms with E-state index in [-0.39, 0.29) is 0 Å². The van der Waals surface area contributed by atoms with Gasteiger partial charge in [-0.05, 0) is 12.8 Å². The van der Waals surface area contributed by atoms with E-state index in [9.17, 15) is 19.5 Å². The molecule has 2 aliphatic rings. The lowest BCUT2D eigenvalue weighted by atomic mass is 9.71. The van der Waals surface area contributed by atoms with E-state index in [0.717, 1.165) is 25.3 Å². The molecule has 2 rings (SSSR count). The SMILES string of the molecule is C=CC(=O)OC1C(=O)C2(CCCCC2)C(=O)C1O. The summed E-state index contributed by atoms with van der Waals surface area (Å²) in [6.45, 7) is 3.22. The van der Waals surface area contributed by atoms with E-state index >= 15 is 0 Å². The lowest BCUT2D eigenvalue weighted by Gasteiger charge is -2.29. The number of Topliss-reactive ketones (excluding diaryl/α,β-unsaturated/α-hetero) is 2. The zero-order chi connectivity index (χ0) is 13.3. The van der Waals surface area contributed by atoms with Crippen molar-refractivity contribution in [1.29, 1.82) is 0 Å². The quantitative estimate of drug-likeness (QED) is 0.441. The van der Waals surface area contributed by atoms with Crippen molar-refractivity contribution in [2.75, 3.05) is 0 Å². The molecule has 5 nitrogen and oxygen atoms in total. The second-order valence-corrected chi connectivity index (χ2v) is 4.88. The summed E-state index contributed by atoms with van der Waals surface area (Å²) in [5.41, 5.74) is -1.12. The Morgan fingerprint density at radius 2 is 1.89 bits per heavy atom. The fraction of sp³-hybridized carbons (Fsp3) is 0.615. The summed E-state index contributed by atoms with van der Waals surface area (Å²) in [6.07, 6.45) is 1.47. The Kier molecular flexibility index (Phi) is 3.34. The van der Waals surface area contributed by atoms with E-state index in [0.29, 0.717) is 12.8 Å². The molecule has 2 fully saturated rings. The molecule has 1 spiro atoms. The molecule has 2 saturated carbocycles. The first kappa shape index (κ1) is 13.0. The molecule has 1 N–H and O–H groups in total. The van der Waals surface area contributed by atoms with Crippen LogP contribution < -0.4 is 0 Å². The molecule has 2 unspecified atom stereocenters. The van der Waals surface area contributed by atoms with E-state index in [1.807, 2.05) is 0 Å². The number of aliphatic hydroxyl groups is 1. The normalized spacial score (nSPS) is 30.5. The number of hydrogen-bond donors (Lipinski definition) is 1. The third-order valence-electron chi connectivity index (χ3n) is 3.87. The number of carbonyl (C=O) groups excluding carboxylic acids is 3. The van der Waals surface area contributed by atoms with Crippen molar-refractivity contribution in [2.24, 2.45) is 5.41 Å². The van der Waals surface area contributed by atoms with Gasteiger partial charge in [0.05, 0.1) is 5.41 Å². The van der Waals surface area contributed by atoms with Crippen molar-refractivity contribution < 1.29 is 24.2 Å². The monoisotopic (exact) mass is 252 g/mol. The van der Waals surface area contributed by atoms with Crippen LogP contribution >= 0.6 is 0 Å². The van der Waals surface area contributed by atoms with Gasteiger partial charge in [0.2, 0.25) is 0 Å². The third kappa shape index (κ3) is 1.79. The Morgan fingerprint density at radius 3 is 2.44 bits per heavy atom. The summed E-state index contributed by atoms with van der Waals surface area (Å²) in [5.74, 6) is -1.74. The zero-order valence-corrected chi connectivity index (χ0v) is 10.1. The van der Waals surface area contributed by atoms with Crippen molar-refractivity contribution in [3.8, 4) is 0 Å². The molecule has 0 aliphatic heterocycles. The van der Waals surface area contributed by atoms with Gasteiger partial charge in [-0.25, -0.2) is 4.79 Å². The van der Waals surface area contributed by atoms with Gasteiger partial charge in [0.25, 0.3) is 0 Å². The molecule has 18 heavy (non-hydrogen) atoms. The molecule has 0 radical (unpaired) electrons. The van der Waals surface area contributed by atoms with Crippen LogP contribution in [-0.4, -0.2) is 34.9 Å². The van der Waals surface area contributed by atoms with Gasteiger partial charge in [-0.3, -0.25) is 9.59 Å². The Labute approximate surface area is 105 Å². The van der Waals surface area contributed by atoms with E-state index in [1.165, 1.54) is 0 Å². The second kappa shape index (κ2) is 4.65. The summed E-state index contributed by atoms with van der Waals surface area (Å²) in [6, 6.07) is 0. The molecule has 0 aromatic carbocycles. The number of esters is 1. The van der Waals surface area contributed by atoms with Crippen molar-refractivity contribution in [3.05, 3.63) is 12.7 Å². The highest BCUT2D eigenvalue weighted by Gasteiger charge is 2.61. The Balaban J connectivity index is 2.25. The fourth-order valence-corrected chi connectivity index (χ4v) is 2.90. The summed E-state index contributed by atoms with van der Waals surface area (Å²) in [7, 11) is 0. The summed E-state index contributed by atoms with van der Waals surface area (Å²) in [4.78, 5) is 35.5. The first-order valence-electron chi connectivity index (χ1n) is 6.13. The van der Waals surface area contributed by atoms with E-state index in [4.69, 9.17) is 4.74 Å². The minimum absolute atomic E-state index is 0.448. The average molecular weight is 252 g/mol. The molecular formula is C13H16O5. The van der Waals surface area contributed by atoms with Crippen LogP contribution in [-0.2, 0) is 19.1 Å². The van der Waals surface area contributed by atoms with E-state index < -0.39 is 35.2 Å². The van der Waals surface area contributed by atoms with Crippen LogP contribution in [0.5, 0.6) is 0 Å². The highest BCUT2D eigenvalue weighted by molar-refractivity contribution is 6.18. The van der Waals surface area contributed by atoms with Gasteiger partial charge in [-0.15, -0.1) is 0 Å². The zero-order valence-electron chi connectivity index (χ0n) is 10.1. The van der Waals surface area contributed by atoms with Gasteiger partial charge in [-0.1, -0.05) is 25.8 Å². The molecule has 0 aromatic heterocycles. The molecule has 5 heteroatoms. The van der Waals surface area contributed by atoms with E-state index in [1.54, 1.807) is 0 Å². The van der Waals surface area contributed by atoms with Crippen LogP contribution in [0.25, 0.3) is 0 Å². The summed E-state index contributed by atoms with van der Waals surface area (Å²) in [5, 5.41) is 9.81. The van der Waals surface area contributed by atoms with Crippen molar-refractivity contribution in [3.63, 3.8) is 0 Å². The molecule has 0 saturated heterocycles. The third-order valence-corrected chi connectivity index (χ3v) is 3.87. The first-order chi connectivity index (χ1) is 8.53. The highest BCUT2D eigenvalue weighted by Crippen LogP contribution is 2.45. The molecule has 0 amide bonds. The minimum Gasteiger partial charge on any atom is -0.448 e. The van der Waals surface area contributed by atoms with Crippen LogP contribution in [0.1, 0.15) is 32.1 Å². The van der Waals surface area contributed by atoms with Crippen molar-refractivity contribution >= 4 is 17.5 Å². The number of carbonyl (C=O) groups is 3. The molecule has 2 atom stereocenters. The van der Waals surface area contributed by atoms with Crippen LogP contribution in [0.3, 0.4) is 0 Å². The van der Waals surface area contributed by atoms with Crippen molar-refractivity contribution in [2.45, 2.75) is 44.3 Å². The molecule has 2 aliphatic carbocycles. The van der Waals surface area contributed by atoms with Crippen LogP contribution in [0.2, 0.25) is 0 Å². The summed E-state index contributed by atoms with van der Waals surface area (Å²) >= 11 is 0. The predicted molar refractivity (Wildman–Crippen MR) is 61.6 cm³/mol. The Morgan fingerprint density at radius 1 is 1.28 bits per heavy atom. The fourth-order valence-electron chi connectivity index (χ4n) is 2.90. The van der Waals surface area contributed by atoms with Gasteiger partial charge in [0.15, 0.2) is 23.8 Å². The van der Waals surface area contributed by atoms with Crippen LogP contribution in [0.4, 0.5) is 0 Å². The number of ether oxygens (including phenoxy) is 1. The Hall–Kier alpha value is -1.49. The maximum Gasteiger partial charge on any atom is 0.330 e. The van der Waals surface area contributed by atoms with Crippen LogP contribution in [0.15, 0.2) is 12.7 Å². The summed E-state index contributed by atoms with van der Waals surface area (Å²) < 4.78 is 4.81. The minimum atomic E-state index is -1.53. The van der Waals surface area contributed by atoms with Gasteiger partial charge in [0.1, 0.15) is 0 Å². The number of ketones is 2. The highest BCUT2D eigenvalue weighted by atomic mass is 16.6. The maximum atomic E-state index is 12.3. The van der Waals surface area contributed by atoms with Gasteiger partial charge >= 0.3 is 5.97 Å². The number of hydrogen-bond acceptors (Lipinski definition) is 5. The van der Waals surface area contributed by atoms with Gasteiger partial charge in [0, 0.05) is 6.08 Å². The lowest BCUT2D eigenvalue weighted by Crippen LogP contribution is -2.38.